The minimum Gasteiger partial charge on any atom is -0.393 e. The molecule has 0 spiro atoms. The molecule has 0 radical (unpaired) electrons. The Bertz CT molecular complexity index is 1080. The zero-order valence-electron chi connectivity index (χ0n) is 18.4. The van der Waals surface area contributed by atoms with Crippen LogP contribution in [0.15, 0.2) is 59.9 Å². The summed E-state index contributed by atoms with van der Waals surface area (Å²) < 4.78 is 0. The molecule has 2 N–H and O–H groups in total. The molecule has 7 heteroatoms. The van der Waals surface area contributed by atoms with E-state index in [0.29, 0.717) is 16.3 Å². The average Bonchev–Trinajstić information content (AvgIpc) is 2.78. The predicted octanol–water partition coefficient (Wildman–Crippen LogP) is 4.60. The van der Waals surface area contributed by atoms with Gasteiger partial charge in [0.1, 0.15) is 10.8 Å². The Morgan fingerprint density at radius 3 is 2.59 bits per heavy atom. The first kappa shape index (κ1) is 22.3. The average molecular weight is 449 g/mol. The summed E-state index contributed by atoms with van der Waals surface area (Å²) in [5, 5.41) is 13.4. The molecule has 166 valence electrons. The molecule has 1 aliphatic heterocycles. The minimum absolute atomic E-state index is 0.159. The second-order valence-electron chi connectivity index (χ2n) is 8.22. The number of hydrogen-bond acceptors (Lipinski definition) is 6. The standard InChI is InChI=1S/C25H28N4O2S/c1-17-12-18(2)14-20(13-17)28-24(31)22-4-3-8-27-25(22)32-16-19-5-9-26-23(15-19)29-10-6-21(30)7-11-29/h3-5,8-9,12-15,21,30H,6-7,10-11,16H2,1-2H3,(H,28,31). The van der Waals surface area contributed by atoms with E-state index in [2.05, 4.69) is 32.3 Å². The zero-order chi connectivity index (χ0) is 22.5. The number of pyridine rings is 2. The second-order valence-corrected chi connectivity index (χ2v) is 9.18. The number of piperidine rings is 1. The number of benzene rings is 1. The zero-order valence-corrected chi connectivity index (χ0v) is 19.2. The van der Waals surface area contributed by atoms with Crippen molar-refractivity contribution >= 4 is 29.2 Å². The summed E-state index contributed by atoms with van der Waals surface area (Å²) in [7, 11) is 0. The van der Waals surface area contributed by atoms with E-state index in [1.54, 1.807) is 24.0 Å². The number of nitrogens with one attached hydrogen (secondary N) is 1. The van der Waals surface area contributed by atoms with Crippen LogP contribution in [0.3, 0.4) is 0 Å². The molecule has 3 heterocycles. The molecule has 6 nitrogen and oxygen atoms in total. The van der Waals surface area contributed by atoms with Crippen LogP contribution in [0, 0.1) is 13.8 Å². The SMILES string of the molecule is Cc1cc(C)cc(NC(=O)c2cccnc2SCc2ccnc(N3CCC(O)CC3)c2)c1. The Morgan fingerprint density at radius 1 is 1.09 bits per heavy atom. The number of aromatic nitrogens is 2. The van der Waals surface area contributed by atoms with E-state index in [1.807, 2.05) is 44.3 Å². The highest BCUT2D eigenvalue weighted by Gasteiger charge is 2.18. The molecule has 0 aliphatic carbocycles. The number of aliphatic hydroxyl groups is 1. The van der Waals surface area contributed by atoms with Crippen molar-refractivity contribution in [3.63, 3.8) is 0 Å². The van der Waals surface area contributed by atoms with Gasteiger partial charge in [0.25, 0.3) is 5.91 Å². The summed E-state index contributed by atoms with van der Waals surface area (Å²) >= 11 is 1.54. The Balaban J connectivity index is 1.44. The van der Waals surface area contributed by atoms with Crippen molar-refractivity contribution in [1.82, 2.24) is 9.97 Å². The Hall–Kier alpha value is -2.90. The van der Waals surface area contributed by atoms with Gasteiger partial charge in [0.15, 0.2) is 0 Å². The monoisotopic (exact) mass is 448 g/mol. The first-order valence-electron chi connectivity index (χ1n) is 10.8. The molecule has 1 fully saturated rings. The normalized spacial score (nSPS) is 14.4. The summed E-state index contributed by atoms with van der Waals surface area (Å²) in [4.78, 5) is 24.1. The van der Waals surface area contributed by atoms with Gasteiger partial charge in [-0.3, -0.25) is 4.79 Å². The van der Waals surface area contributed by atoms with Gasteiger partial charge in [-0.2, -0.15) is 0 Å². The maximum absolute atomic E-state index is 13.0. The summed E-state index contributed by atoms with van der Waals surface area (Å²) in [6.45, 7) is 5.66. The number of aryl methyl sites for hydroxylation is 2. The summed E-state index contributed by atoms with van der Waals surface area (Å²) in [5.41, 5.74) is 4.70. The number of amides is 1. The molecule has 3 aromatic rings. The van der Waals surface area contributed by atoms with Crippen LogP contribution in [-0.4, -0.2) is 40.2 Å². The maximum atomic E-state index is 13.0. The molecule has 2 aromatic heterocycles. The smallest absolute Gasteiger partial charge is 0.258 e. The third-order valence-corrected chi connectivity index (χ3v) is 6.55. The fourth-order valence-electron chi connectivity index (χ4n) is 3.89. The van der Waals surface area contributed by atoms with Crippen LogP contribution in [0.2, 0.25) is 0 Å². The Morgan fingerprint density at radius 2 is 1.84 bits per heavy atom. The Labute approximate surface area is 193 Å². The summed E-state index contributed by atoms with van der Waals surface area (Å²) in [6, 6.07) is 13.7. The molecule has 1 saturated heterocycles. The highest BCUT2D eigenvalue weighted by molar-refractivity contribution is 7.98. The van der Waals surface area contributed by atoms with Crippen molar-refractivity contribution in [1.29, 1.82) is 0 Å². The quantitative estimate of drug-likeness (QED) is 0.537. The number of anilines is 2. The van der Waals surface area contributed by atoms with E-state index in [4.69, 9.17) is 0 Å². The summed E-state index contributed by atoms with van der Waals surface area (Å²) in [6.07, 6.45) is 4.87. The lowest BCUT2D eigenvalue weighted by atomic mass is 10.1. The lowest BCUT2D eigenvalue weighted by Crippen LogP contribution is -2.36. The van der Waals surface area contributed by atoms with Gasteiger partial charge in [0.05, 0.1) is 11.7 Å². The van der Waals surface area contributed by atoms with Crippen LogP contribution in [0.4, 0.5) is 11.5 Å². The lowest BCUT2D eigenvalue weighted by Gasteiger charge is -2.30. The van der Waals surface area contributed by atoms with Gasteiger partial charge in [-0.15, -0.1) is 11.8 Å². The van der Waals surface area contributed by atoms with Crippen molar-refractivity contribution in [2.45, 2.75) is 43.6 Å². The molecule has 1 aliphatic rings. The molecule has 0 bridgehead atoms. The van der Waals surface area contributed by atoms with Gasteiger partial charge in [0, 0.05) is 36.9 Å². The lowest BCUT2D eigenvalue weighted by molar-refractivity contribution is 0.102. The van der Waals surface area contributed by atoms with Gasteiger partial charge in [-0.05, 0) is 79.8 Å². The molecule has 1 aromatic carbocycles. The highest BCUT2D eigenvalue weighted by Crippen LogP contribution is 2.27. The Kier molecular flexibility index (Phi) is 7.07. The first-order chi connectivity index (χ1) is 15.5. The topological polar surface area (TPSA) is 78.4 Å². The van der Waals surface area contributed by atoms with Crippen molar-refractivity contribution in [3.8, 4) is 0 Å². The second kappa shape index (κ2) is 10.1. The largest absolute Gasteiger partial charge is 0.393 e. The molecular formula is C25H28N4O2S. The number of nitrogens with zero attached hydrogens (tertiary/aromatic N) is 3. The van der Waals surface area contributed by atoms with Crippen LogP contribution < -0.4 is 10.2 Å². The maximum Gasteiger partial charge on any atom is 0.258 e. The van der Waals surface area contributed by atoms with Crippen LogP contribution in [-0.2, 0) is 5.75 Å². The number of thioether (sulfide) groups is 1. The first-order valence-corrected chi connectivity index (χ1v) is 11.8. The number of hydrogen-bond donors (Lipinski definition) is 2. The number of carbonyl (C=O) groups is 1. The van der Waals surface area contributed by atoms with Crippen molar-refractivity contribution < 1.29 is 9.90 Å². The van der Waals surface area contributed by atoms with E-state index >= 15 is 0 Å². The van der Waals surface area contributed by atoms with Crippen LogP contribution >= 0.6 is 11.8 Å². The predicted molar refractivity (Wildman–Crippen MR) is 129 cm³/mol. The third-order valence-electron chi connectivity index (χ3n) is 5.47. The molecule has 32 heavy (non-hydrogen) atoms. The van der Waals surface area contributed by atoms with Crippen molar-refractivity contribution in [2.24, 2.45) is 0 Å². The molecule has 0 saturated carbocycles. The molecule has 4 rings (SSSR count). The van der Waals surface area contributed by atoms with E-state index in [0.717, 1.165) is 54.1 Å². The van der Waals surface area contributed by atoms with Crippen LogP contribution in [0.25, 0.3) is 0 Å². The number of carbonyl (C=O) groups excluding carboxylic acids is 1. The molecule has 0 atom stereocenters. The number of aliphatic hydroxyl groups excluding tert-OH is 1. The third kappa shape index (κ3) is 5.66. The number of rotatable bonds is 6. The van der Waals surface area contributed by atoms with Crippen molar-refractivity contribution in [3.05, 3.63) is 77.1 Å². The van der Waals surface area contributed by atoms with Gasteiger partial charge in [0.2, 0.25) is 0 Å². The van der Waals surface area contributed by atoms with Gasteiger partial charge >= 0.3 is 0 Å². The minimum atomic E-state index is -0.206. The van der Waals surface area contributed by atoms with E-state index in [-0.39, 0.29) is 12.0 Å². The van der Waals surface area contributed by atoms with Gasteiger partial charge in [-0.1, -0.05) is 6.07 Å². The fourth-order valence-corrected chi connectivity index (χ4v) is 4.83. The van der Waals surface area contributed by atoms with E-state index in [9.17, 15) is 9.90 Å². The molecule has 0 unspecified atom stereocenters. The van der Waals surface area contributed by atoms with Crippen LogP contribution in [0.5, 0.6) is 0 Å². The summed E-state index contributed by atoms with van der Waals surface area (Å²) in [5.74, 6) is 1.46. The van der Waals surface area contributed by atoms with Gasteiger partial charge in [-0.25, -0.2) is 9.97 Å². The van der Waals surface area contributed by atoms with E-state index in [1.165, 1.54) is 0 Å². The fraction of sp³-hybridized carbons (Fsp3) is 0.320. The highest BCUT2D eigenvalue weighted by atomic mass is 32.2. The van der Waals surface area contributed by atoms with E-state index < -0.39 is 0 Å². The molecule has 1 amide bonds. The van der Waals surface area contributed by atoms with Crippen LogP contribution in [0.1, 0.15) is 39.9 Å². The van der Waals surface area contributed by atoms with Crippen molar-refractivity contribution in [2.75, 3.05) is 23.3 Å². The molecular weight excluding hydrogens is 420 g/mol. The van der Waals surface area contributed by atoms with Gasteiger partial charge < -0.3 is 15.3 Å².